The quantitative estimate of drug-likeness (QED) is 0.668. The maximum Gasteiger partial charge on any atom is 0.256 e. The standard InChI is InChI=1S/C25H27Cl2N3O4/c1-2-12-28-22(31)21-16-34-25(30(21)24(33)17-6-4-3-5-7-17)10-13-29(14-11-25)23(32)18-8-9-19(26)20(27)15-18/h3-9,15,21H,2,10-14,16H2,1H3,(H,28,31). The van der Waals surface area contributed by atoms with Crippen molar-refractivity contribution in [1.29, 1.82) is 0 Å². The molecule has 2 saturated heterocycles. The van der Waals surface area contributed by atoms with Gasteiger partial charge in [-0.25, -0.2) is 0 Å². The number of halogens is 2. The smallest absolute Gasteiger partial charge is 0.256 e. The van der Waals surface area contributed by atoms with E-state index in [1.54, 1.807) is 52.3 Å². The van der Waals surface area contributed by atoms with Crippen LogP contribution in [0.3, 0.4) is 0 Å². The number of hydrogen-bond donors (Lipinski definition) is 1. The summed E-state index contributed by atoms with van der Waals surface area (Å²) in [6.07, 6.45) is 1.59. The van der Waals surface area contributed by atoms with E-state index in [9.17, 15) is 14.4 Å². The van der Waals surface area contributed by atoms with Gasteiger partial charge in [0.2, 0.25) is 5.91 Å². The van der Waals surface area contributed by atoms with Crippen LogP contribution < -0.4 is 5.32 Å². The summed E-state index contributed by atoms with van der Waals surface area (Å²) in [4.78, 5) is 42.8. The molecule has 1 N–H and O–H groups in total. The molecule has 3 amide bonds. The van der Waals surface area contributed by atoms with Gasteiger partial charge in [-0.1, -0.05) is 48.3 Å². The maximum atomic E-state index is 13.6. The van der Waals surface area contributed by atoms with Crippen molar-refractivity contribution in [2.45, 2.75) is 38.0 Å². The Morgan fingerprint density at radius 2 is 1.71 bits per heavy atom. The fraction of sp³-hybridized carbons (Fsp3) is 0.400. The van der Waals surface area contributed by atoms with Gasteiger partial charge in [-0.2, -0.15) is 0 Å². The second kappa shape index (κ2) is 10.3. The molecule has 180 valence electrons. The van der Waals surface area contributed by atoms with Crippen LogP contribution in [0.4, 0.5) is 0 Å². The molecule has 4 rings (SSSR count). The van der Waals surface area contributed by atoms with Crippen molar-refractivity contribution in [3.63, 3.8) is 0 Å². The van der Waals surface area contributed by atoms with Gasteiger partial charge >= 0.3 is 0 Å². The molecule has 1 unspecified atom stereocenters. The number of carbonyl (C=O) groups is 3. The lowest BCUT2D eigenvalue weighted by Crippen LogP contribution is -2.59. The first-order chi connectivity index (χ1) is 16.4. The van der Waals surface area contributed by atoms with Crippen LogP contribution in [0.2, 0.25) is 10.0 Å². The Kier molecular flexibility index (Phi) is 7.45. The number of rotatable bonds is 5. The Labute approximate surface area is 208 Å². The van der Waals surface area contributed by atoms with E-state index in [0.29, 0.717) is 53.6 Å². The van der Waals surface area contributed by atoms with E-state index >= 15 is 0 Å². The molecule has 2 heterocycles. The Morgan fingerprint density at radius 3 is 2.35 bits per heavy atom. The average Bonchev–Trinajstić information content (AvgIpc) is 3.22. The minimum atomic E-state index is -0.949. The van der Waals surface area contributed by atoms with Crippen molar-refractivity contribution in [3.8, 4) is 0 Å². The molecule has 2 fully saturated rings. The summed E-state index contributed by atoms with van der Waals surface area (Å²) in [5, 5.41) is 3.60. The number of amides is 3. The lowest BCUT2D eigenvalue weighted by Gasteiger charge is -2.44. The lowest BCUT2D eigenvalue weighted by atomic mass is 9.96. The number of carbonyl (C=O) groups excluding carboxylic acids is 3. The summed E-state index contributed by atoms with van der Waals surface area (Å²) in [5.74, 6) is -0.638. The normalized spacial score (nSPS) is 19.3. The van der Waals surface area contributed by atoms with E-state index < -0.39 is 11.8 Å². The molecule has 7 nitrogen and oxygen atoms in total. The SMILES string of the molecule is CCCNC(=O)C1COC2(CCN(C(=O)c3ccc(Cl)c(Cl)c3)CC2)N1C(=O)c1ccccc1. The highest BCUT2D eigenvalue weighted by Gasteiger charge is 2.54. The summed E-state index contributed by atoms with van der Waals surface area (Å²) < 4.78 is 6.19. The van der Waals surface area contributed by atoms with Crippen molar-refractivity contribution < 1.29 is 19.1 Å². The van der Waals surface area contributed by atoms with Crippen LogP contribution in [0.1, 0.15) is 46.9 Å². The van der Waals surface area contributed by atoms with Crippen molar-refractivity contribution in [2.24, 2.45) is 0 Å². The van der Waals surface area contributed by atoms with Crippen LogP contribution in [-0.2, 0) is 9.53 Å². The van der Waals surface area contributed by atoms with Crippen LogP contribution in [0.5, 0.6) is 0 Å². The third kappa shape index (κ3) is 4.78. The van der Waals surface area contributed by atoms with Crippen LogP contribution in [0.25, 0.3) is 0 Å². The van der Waals surface area contributed by atoms with Gasteiger partial charge in [0, 0.05) is 43.6 Å². The Morgan fingerprint density at radius 1 is 1.00 bits per heavy atom. The Hall–Kier alpha value is -2.61. The molecular formula is C25H27Cl2N3O4. The first kappa shape index (κ1) is 24.5. The largest absolute Gasteiger partial charge is 0.354 e. The second-order valence-corrected chi connectivity index (χ2v) is 9.34. The van der Waals surface area contributed by atoms with Crippen LogP contribution in [0, 0.1) is 0 Å². The number of ether oxygens (including phenoxy) is 1. The second-order valence-electron chi connectivity index (χ2n) is 8.53. The van der Waals surface area contributed by atoms with Crippen molar-refractivity contribution in [2.75, 3.05) is 26.2 Å². The minimum Gasteiger partial charge on any atom is -0.354 e. The molecule has 0 aliphatic carbocycles. The van der Waals surface area contributed by atoms with Crippen molar-refractivity contribution >= 4 is 40.9 Å². The van der Waals surface area contributed by atoms with Crippen LogP contribution >= 0.6 is 23.2 Å². The predicted octanol–water partition coefficient (Wildman–Crippen LogP) is 3.99. The molecule has 9 heteroatoms. The molecule has 1 spiro atoms. The fourth-order valence-corrected chi connectivity index (χ4v) is 4.82. The predicted molar refractivity (Wildman–Crippen MR) is 130 cm³/mol. The zero-order valence-corrected chi connectivity index (χ0v) is 20.4. The summed E-state index contributed by atoms with van der Waals surface area (Å²) in [6, 6.07) is 13.0. The fourth-order valence-electron chi connectivity index (χ4n) is 4.52. The van der Waals surface area contributed by atoms with E-state index in [2.05, 4.69) is 5.32 Å². The molecular weight excluding hydrogens is 477 g/mol. The number of nitrogens with one attached hydrogen (secondary N) is 1. The van der Waals surface area contributed by atoms with Crippen LogP contribution in [-0.4, -0.2) is 65.5 Å². The highest BCUT2D eigenvalue weighted by molar-refractivity contribution is 6.42. The number of likely N-dealkylation sites (tertiary alicyclic amines) is 1. The highest BCUT2D eigenvalue weighted by atomic mass is 35.5. The summed E-state index contributed by atoms with van der Waals surface area (Å²) in [6.45, 7) is 3.37. The van der Waals surface area contributed by atoms with Gasteiger partial charge in [-0.05, 0) is 36.8 Å². The average molecular weight is 504 g/mol. The zero-order chi connectivity index (χ0) is 24.3. The lowest BCUT2D eigenvalue weighted by molar-refractivity contribution is -0.128. The van der Waals surface area contributed by atoms with E-state index in [-0.39, 0.29) is 24.3 Å². The van der Waals surface area contributed by atoms with Gasteiger partial charge < -0.3 is 15.0 Å². The summed E-state index contributed by atoms with van der Waals surface area (Å²) >= 11 is 12.1. The zero-order valence-electron chi connectivity index (χ0n) is 18.9. The number of nitrogens with zero attached hydrogens (tertiary/aromatic N) is 2. The van der Waals surface area contributed by atoms with E-state index in [4.69, 9.17) is 27.9 Å². The topological polar surface area (TPSA) is 79.0 Å². The molecule has 0 aromatic heterocycles. The third-order valence-electron chi connectivity index (χ3n) is 6.35. The molecule has 1 atom stereocenters. The van der Waals surface area contributed by atoms with Gasteiger partial charge in [0.25, 0.3) is 11.8 Å². The van der Waals surface area contributed by atoms with Crippen molar-refractivity contribution in [3.05, 3.63) is 69.7 Å². The number of hydrogen-bond acceptors (Lipinski definition) is 4. The first-order valence-corrected chi connectivity index (χ1v) is 12.2. The Balaban J connectivity index is 1.55. The van der Waals surface area contributed by atoms with Crippen molar-refractivity contribution in [1.82, 2.24) is 15.1 Å². The molecule has 2 aromatic carbocycles. The van der Waals surface area contributed by atoms with E-state index in [0.717, 1.165) is 6.42 Å². The number of piperidine rings is 1. The van der Waals surface area contributed by atoms with E-state index in [1.807, 2.05) is 13.0 Å². The van der Waals surface area contributed by atoms with Gasteiger partial charge in [0.15, 0.2) is 0 Å². The van der Waals surface area contributed by atoms with Gasteiger partial charge in [-0.3, -0.25) is 19.3 Å². The molecule has 0 saturated carbocycles. The highest BCUT2D eigenvalue weighted by Crippen LogP contribution is 2.39. The van der Waals surface area contributed by atoms with E-state index in [1.165, 1.54) is 0 Å². The molecule has 0 bridgehead atoms. The molecule has 0 radical (unpaired) electrons. The molecule has 34 heavy (non-hydrogen) atoms. The summed E-state index contributed by atoms with van der Waals surface area (Å²) in [5.41, 5.74) is -0.00282. The van der Waals surface area contributed by atoms with Crippen LogP contribution in [0.15, 0.2) is 48.5 Å². The molecule has 2 aliphatic heterocycles. The Bertz CT molecular complexity index is 1070. The minimum absolute atomic E-state index is 0.120. The van der Waals surface area contributed by atoms with Gasteiger partial charge in [0.05, 0.1) is 16.7 Å². The maximum absolute atomic E-state index is 13.6. The van der Waals surface area contributed by atoms with Gasteiger partial charge in [-0.15, -0.1) is 0 Å². The molecule has 2 aliphatic rings. The number of benzene rings is 2. The third-order valence-corrected chi connectivity index (χ3v) is 7.09. The molecule has 2 aromatic rings. The van der Waals surface area contributed by atoms with Gasteiger partial charge in [0.1, 0.15) is 11.8 Å². The summed E-state index contributed by atoms with van der Waals surface area (Å²) in [7, 11) is 0. The first-order valence-electron chi connectivity index (χ1n) is 11.4. The monoisotopic (exact) mass is 503 g/mol.